The Morgan fingerprint density at radius 2 is 2.17 bits per heavy atom. The zero-order valence-electron chi connectivity index (χ0n) is 10.5. The minimum absolute atomic E-state index is 0.00332. The van der Waals surface area contributed by atoms with E-state index in [0.29, 0.717) is 25.4 Å². The van der Waals surface area contributed by atoms with Gasteiger partial charge in [-0.3, -0.25) is 0 Å². The van der Waals surface area contributed by atoms with E-state index in [-0.39, 0.29) is 18.2 Å². The average molecular weight is 256 g/mol. The van der Waals surface area contributed by atoms with Gasteiger partial charge in [-0.2, -0.15) is 0 Å². The third-order valence-electron chi connectivity index (χ3n) is 3.37. The lowest BCUT2D eigenvalue weighted by Gasteiger charge is -2.37. The molecule has 18 heavy (non-hydrogen) atoms. The number of benzene rings is 1. The van der Waals surface area contributed by atoms with Crippen LogP contribution >= 0.6 is 0 Å². The fraction of sp³-hybridized carbons (Fsp3) is 0.538. The number of morpholine rings is 1. The third-order valence-corrected chi connectivity index (χ3v) is 3.37. The first-order valence-corrected chi connectivity index (χ1v) is 6.20. The number of ether oxygens (including phenoxy) is 1. The van der Waals surface area contributed by atoms with Gasteiger partial charge < -0.3 is 15.4 Å². The van der Waals surface area contributed by atoms with Gasteiger partial charge in [0.25, 0.3) is 0 Å². The molecule has 0 saturated carbocycles. The van der Waals surface area contributed by atoms with E-state index in [9.17, 15) is 8.78 Å². The molecule has 1 saturated heterocycles. The van der Waals surface area contributed by atoms with Crippen LogP contribution in [0.5, 0.6) is 0 Å². The number of nitrogens with zero attached hydrogens (tertiary/aromatic N) is 1. The highest BCUT2D eigenvalue weighted by Crippen LogP contribution is 2.27. The summed E-state index contributed by atoms with van der Waals surface area (Å²) >= 11 is 0. The Hall–Kier alpha value is -1.20. The Morgan fingerprint density at radius 1 is 1.39 bits per heavy atom. The van der Waals surface area contributed by atoms with Crippen molar-refractivity contribution in [2.45, 2.75) is 25.9 Å². The van der Waals surface area contributed by atoms with Gasteiger partial charge in [0.2, 0.25) is 0 Å². The summed E-state index contributed by atoms with van der Waals surface area (Å²) in [4.78, 5) is 1.88. The molecular formula is C13H18F2N2O. The molecule has 1 fully saturated rings. The fourth-order valence-corrected chi connectivity index (χ4v) is 2.27. The summed E-state index contributed by atoms with van der Waals surface area (Å²) in [6, 6.07) is 3.25. The van der Waals surface area contributed by atoms with Gasteiger partial charge in [0, 0.05) is 18.7 Å². The zero-order chi connectivity index (χ0) is 13.1. The van der Waals surface area contributed by atoms with E-state index < -0.39 is 11.6 Å². The molecule has 0 amide bonds. The molecule has 0 bridgehead atoms. The molecule has 5 heteroatoms. The van der Waals surface area contributed by atoms with Crippen molar-refractivity contribution in [1.82, 2.24) is 0 Å². The Morgan fingerprint density at radius 3 is 2.83 bits per heavy atom. The smallest absolute Gasteiger partial charge is 0.182 e. The average Bonchev–Trinajstić information content (AvgIpc) is 2.42. The van der Waals surface area contributed by atoms with Crippen LogP contribution in [0.3, 0.4) is 0 Å². The molecule has 2 N–H and O–H groups in total. The Bertz CT molecular complexity index is 426. The van der Waals surface area contributed by atoms with Crippen LogP contribution in [0.4, 0.5) is 14.5 Å². The molecule has 0 spiro atoms. The molecule has 1 unspecified atom stereocenters. The van der Waals surface area contributed by atoms with Gasteiger partial charge in [0.1, 0.15) is 0 Å². The summed E-state index contributed by atoms with van der Waals surface area (Å²) < 4.78 is 33.1. The molecule has 0 radical (unpaired) electrons. The maximum absolute atomic E-state index is 14.0. The maximum Gasteiger partial charge on any atom is 0.182 e. The highest BCUT2D eigenvalue weighted by Gasteiger charge is 2.25. The van der Waals surface area contributed by atoms with Crippen LogP contribution in [0.1, 0.15) is 18.9 Å². The second-order valence-corrected chi connectivity index (χ2v) is 4.41. The van der Waals surface area contributed by atoms with E-state index in [2.05, 4.69) is 0 Å². The predicted molar refractivity (Wildman–Crippen MR) is 66.5 cm³/mol. The largest absolute Gasteiger partial charge is 0.377 e. The third kappa shape index (κ3) is 2.33. The second-order valence-electron chi connectivity index (χ2n) is 4.41. The van der Waals surface area contributed by atoms with E-state index >= 15 is 0 Å². The quantitative estimate of drug-likeness (QED) is 0.899. The lowest BCUT2D eigenvalue weighted by atomic mass is 10.1. The maximum atomic E-state index is 14.0. The summed E-state index contributed by atoms with van der Waals surface area (Å²) in [5.74, 6) is -1.64. The Kier molecular flexibility index (Phi) is 4.14. The van der Waals surface area contributed by atoms with E-state index in [0.717, 1.165) is 6.42 Å². The van der Waals surface area contributed by atoms with Gasteiger partial charge in [-0.1, -0.05) is 13.0 Å². The summed E-state index contributed by atoms with van der Waals surface area (Å²) in [6.45, 7) is 3.68. The van der Waals surface area contributed by atoms with Gasteiger partial charge in [-0.15, -0.1) is 0 Å². The molecule has 1 heterocycles. The first-order valence-electron chi connectivity index (χ1n) is 6.20. The lowest BCUT2D eigenvalue weighted by Crippen LogP contribution is -2.45. The topological polar surface area (TPSA) is 38.5 Å². The fourth-order valence-electron chi connectivity index (χ4n) is 2.27. The molecule has 3 nitrogen and oxygen atoms in total. The van der Waals surface area contributed by atoms with Crippen LogP contribution in [0.25, 0.3) is 0 Å². The normalized spacial score (nSPS) is 20.2. The van der Waals surface area contributed by atoms with Crippen molar-refractivity contribution in [2.75, 3.05) is 24.7 Å². The Balaban J connectivity index is 2.35. The lowest BCUT2D eigenvalue weighted by molar-refractivity contribution is 0.0925. The zero-order valence-corrected chi connectivity index (χ0v) is 10.5. The first kappa shape index (κ1) is 13.2. The van der Waals surface area contributed by atoms with Gasteiger partial charge in [-0.25, -0.2) is 8.78 Å². The molecule has 2 rings (SSSR count). The van der Waals surface area contributed by atoms with Crippen molar-refractivity contribution in [2.24, 2.45) is 5.73 Å². The van der Waals surface area contributed by atoms with Crippen LogP contribution in [-0.4, -0.2) is 25.8 Å². The van der Waals surface area contributed by atoms with Crippen molar-refractivity contribution >= 4 is 5.69 Å². The van der Waals surface area contributed by atoms with Crippen LogP contribution in [-0.2, 0) is 11.3 Å². The van der Waals surface area contributed by atoms with Crippen LogP contribution in [0, 0.1) is 11.6 Å². The Labute approximate surface area is 106 Å². The minimum atomic E-state index is -0.837. The van der Waals surface area contributed by atoms with Crippen LogP contribution in [0.2, 0.25) is 0 Å². The van der Waals surface area contributed by atoms with Crippen LogP contribution in [0.15, 0.2) is 12.1 Å². The standard InChI is InChI=1S/C13H18F2N2O/c1-2-10-8-18-6-5-17(10)11-4-3-9(7-16)12(14)13(11)15/h3-4,10H,2,5-8,16H2,1H3. The van der Waals surface area contributed by atoms with Crippen LogP contribution < -0.4 is 10.6 Å². The van der Waals surface area contributed by atoms with E-state index in [1.54, 1.807) is 12.1 Å². The summed E-state index contributed by atoms with van der Waals surface area (Å²) in [7, 11) is 0. The number of halogens is 2. The first-order chi connectivity index (χ1) is 8.69. The van der Waals surface area contributed by atoms with Crippen molar-refractivity contribution in [3.05, 3.63) is 29.3 Å². The predicted octanol–water partition coefficient (Wildman–Crippen LogP) is 2.04. The molecular weight excluding hydrogens is 238 g/mol. The molecule has 1 aliphatic heterocycles. The monoisotopic (exact) mass is 256 g/mol. The summed E-state index contributed by atoms with van der Waals surface area (Å²) in [5.41, 5.74) is 5.87. The van der Waals surface area contributed by atoms with E-state index in [4.69, 9.17) is 10.5 Å². The highest BCUT2D eigenvalue weighted by molar-refractivity contribution is 5.51. The number of hydrogen-bond acceptors (Lipinski definition) is 3. The number of hydrogen-bond donors (Lipinski definition) is 1. The number of rotatable bonds is 3. The van der Waals surface area contributed by atoms with Crippen molar-refractivity contribution in [3.63, 3.8) is 0 Å². The van der Waals surface area contributed by atoms with Gasteiger partial charge in [-0.05, 0) is 12.5 Å². The summed E-state index contributed by atoms with van der Waals surface area (Å²) in [5, 5.41) is 0. The molecule has 1 aliphatic rings. The van der Waals surface area contributed by atoms with Gasteiger partial charge in [0.05, 0.1) is 24.9 Å². The minimum Gasteiger partial charge on any atom is -0.377 e. The number of anilines is 1. The summed E-state index contributed by atoms with van der Waals surface area (Å²) in [6.07, 6.45) is 0.833. The second kappa shape index (κ2) is 5.63. The van der Waals surface area contributed by atoms with Gasteiger partial charge in [0.15, 0.2) is 11.6 Å². The van der Waals surface area contributed by atoms with Crippen molar-refractivity contribution in [3.8, 4) is 0 Å². The highest BCUT2D eigenvalue weighted by atomic mass is 19.2. The molecule has 0 aromatic heterocycles. The van der Waals surface area contributed by atoms with E-state index in [1.807, 2.05) is 11.8 Å². The van der Waals surface area contributed by atoms with Gasteiger partial charge >= 0.3 is 0 Å². The molecule has 1 aromatic rings. The molecule has 0 aliphatic carbocycles. The van der Waals surface area contributed by atoms with Crippen molar-refractivity contribution < 1.29 is 13.5 Å². The SMILES string of the molecule is CCC1COCCN1c1ccc(CN)c(F)c1F. The van der Waals surface area contributed by atoms with E-state index in [1.165, 1.54) is 0 Å². The molecule has 100 valence electrons. The molecule has 1 aromatic carbocycles. The van der Waals surface area contributed by atoms with Crippen molar-refractivity contribution in [1.29, 1.82) is 0 Å². The number of nitrogens with two attached hydrogens (primary N) is 1. The molecule has 1 atom stereocenters.